The molecule has 0 aromatic heterocycles. The Morgan fingerprint density at radius 1 is 0.614 bits per heavy atom. The number of aliphatic hydroxyl groups excluding tert-OH is 6. The Labute approximate surface area is 286 Å². The van der Waals surface area contributed by atoms with Crippen LogP contribution in [0, 0.1) is 0 Å². The number of phenolic OH excluding ortho intramolecular Hbond substituents is 2. The molecule has 0 saturated carbocycles. The Morgan fingerprint density at radius 2 is 1.09 bits per heavy atom. The number of nitrogens with zero attached hydrogens (tertiary/aromatic N) is 2. The largest absolute Gasteiger partial charge is 2.00 e. The van der Waals surface area contributed by atoms with Crippen molar-refractivity contribution in [1.29, 1.82) is 0 Å². The van der Waals surface area contributed by atoms with E-state index in [1.807, 2.05) is 0 Å². The molecule has 244 valence electrons. The van der Waals surface area contributed by atoms with E-state index in [1.165, 1.54) is 18.2 Å². The van der Waals surface area contributed by atoms with Gasteiger partial charge in [0.05, 0.1) is 51.7 Å². The minimum Gasteiger partial charge on any atom is -0.508 e. The maximum atomic E-state index is 12.1. The quantitative estimate of drug-likeness (QED) is 0.0541. The zero-order valence-electron chi connectivity index (χ0n) is 23.9. The molecule has 0 aliphatic heterocycles. The second-order valence-corrected chi connectivity index (χ2v) is 12.9. The molecule has 0 amide bonds. The van der Waals surface area contributed by atoms with Crippen LogP contribution in [0.3, 0.4) is 0 Å². The van der Waals surface area contributed by atoms with Crippen molar-refractivity contribution in [3.05, 3.63) is 57.6 Å². The van der Waals surface area contributed by atoms with Crippen LogP contribution in [0.5, 0.6) is 11.5 Å². The van der Waals surface area contributed by atoms with Crippen LogP contribution in [-0.2, 0) is 65.7 Å². The van der Waals surface area contributed by atoms with Gasteiger partial charge in [0, 0.05) is 24.2 Å². The van der Waals surface area contributed by atoms with Gasteiger partial charge in [-0.3, -0.25) is 18.9 Å². The van der Waals surface area contributed by atoms with Gasteiger partial charge in [-0.15, -0.1) is 0 Å². The molecule has 0 heterocycles. The molecular formula is C24H38FeN2NaO14P2+3. The Balaban J connectivity index is 0.00000924. The first-order chi connectivity index (χ1) is 19.6. The Kier molecular flexibility index (Phi) is 19.2. The van der Waals surface area contributed by atoms with Gasteiger partial charge in [0.25, 0.3) is 0 Å². The van der Waals surface area contributed by atoms with Crippen molar-refractivity contribution in [1.82, 2.24) is 9.80 Å². The first-order valence-corrected chi connectivity index (χ1v) is 16.1. The molecule has 0 fully saturated rings. The molecule has 44 heavy (non-hydrogen) atoms. The monoisotopic (exact) mass is 719 g/mol. The molecule has 0 saturated heterocycles. The summed E-state index contributed by atoms with van der Waals surface area (Å²) in [6, 6.07) is 2.06. The fourth-order valence-electron chi connectivity index (χ4n) is 4.83. The van der Waals surface area contributed by atoms with Gasteiger partial charge in [-0.1, -0.05) is 12.1 Å². The number of rotatable bonds is 17. The van der Waals surface area contributed by atoms with E-state index in [4.69, 9.17) is 0 Å². The summed E-state index contributed by atoms with van der Waals surface area (Å²) in [6.45, 7) is -5.32. The molecule has 2 rings (SSSR count). The maximum absolute atomic E-state index is 12.1. The van der Waals surface area contributed by atoms with E-state index in [-0.39, 0.29) is 80.0 Å². The third kappa shape index (κ3) is 12.3. The molecule has 12 N–H and O–H groups in total. The van der Waals surface area contributed by atoms with Gasteiger partial charge >= 0.3 is 61.8 Å². The number of benzene rings is 2. The fourth-order valence-corrected chi connectivity index (χ4v) is 6.40. The van der Waals surface area contributed by atoms with Crippen molar-refractivity contribution in [3.63, 3.8) is 0 Å². The smallest absolute Gasteiger partial charge is 0.508 e. The molecule has 1 unspecified atom stereocenters. The maximum Gasteiger partial charge on any atom is 2.00 e. The van der Waals surface area contributed by atoms with Gasteiger partial charge in [0.2, 0.25) is 0 Å². The molecule has 0 radical (unpaired) electrons. The van der Waals surface area contributed by atoms with Gasteiger partial charge in [-0.2, -0.15) is 0 Å². The molecule has 20 heteroatoms. The summed E-state index contributed by atoms with van der Waals surface area (Å²) in [5.74, 6) is -0.873. The van der Waals surface area contributed by atoms with E-state index in [2.05, 4.69) is 0 Å². The summed E-state index contributed by atoms with van der Waals surface area (Å²) in [5.41, 5.74) is 0.453. The summed E-state index contributed by atoms with van der Waals surface area (Å²) in [7, 11) is -9.85. The first kappa shape index (κ1) is 43.5. The standard InChI is InChI=1S/C24H38N2O14P2.Fe.Na/c27-7-15-3-17(9-29)18(24(34)4-15)5-25(13-41(35,36)37)21(11-31)22(12-32)26(14-42(38,39)40)6-19-20(10-30)16(8-28)1-2-23(19)33;;/h1-4,21-22,27-34H,5-14H2,(H2,35,36,37)(H2,38,39,40);;/q;+2;+1/t21-,22?;;/m1../s1. The van der Waals surface area contributed by atoms with Crippen LogP contribution in [0.4, 0.5) is 0 Å². The van der Waals surface area contributed by atoms with Crippen LogP contribution in [0.1, 0.15) is 33.4 Å². The summed E-state index contributed by atoms with van der Waals surface area (Å²) in [6.07, 6.45) is -2.12. The van der Waals surface area contributed by atoms with E-state index in [9.17, 15) is 69.6 Å². The third-order valence-electron chi connectivity index (χ3n) is 6.77. The van der Waals surface area contributed by atoms with Crippen molar-refractivity contribution in [2.75, 3.05) is 25.8 Å². The number of hydrogen-bond donors (Lipinski definition) is 12. The molecule has 2 aromatic carbocycles. The van der Waals surface area contributed by atoms with Crippen molar-refractivity contribution in [2.24, 2.45) is 0 Å². The first-order valence-electron chi connectivity index (χ1n) is 12.5. The zero-order valence-corrected chi connectivity index (χ0v) is 28.8. The van der Waals surface area contributed by atoms with Crippen molar-refractivity contribution in [2.45, 2.75) is 51.6 Å². The summed E-state index contributed by atoms with van der Waals surface area (Å²) < 4.78 is 24.3. The van der Waals surface area contributed by atoms with E-state index in [0.717, 1.165) is 15.9 Å². The van der Waals surface area contributed by atoms with E-state index in [1.54, 1.807) is 0 Å². The summed E-state index contributed by atoms with van der Waals surface area (Å²) in [4.78, 5) is 41.2. The van der Waals surface area contributed by atoms with E-state index >= 15 is 0 Å². The van der Waals surface area contributed by atoms with Gasteiger partial charge in [0.1, 0.15) is 24.1 Å². The number of aliphatic hydroxyl groups is 6. The van der Waals surface area contributed by atoms with Gasteiger partial charge < -0.3 is 60.4 Å². The van der Waals surface area contributed by atoms with Crippen LogP contribution < -0.4 is 29.6 Å². The molecule has 0 spiro atoms. The predicted molar refractivity (Wildman–Crippen MR) is 147 cm³/mol. The molecular weight excluding hydrogens is 681 g/mol. The molecule has 16 nitrogen and oxygen atoms in total. The summed E-state index contributed by atoms with van der Waals surface area (Å²) >= 11 is 0. The Hall–Kier alpha value is -0.461. The molecule has 0 aliphatic rings. The minimum atomic E-state index is -4.93. The van der Waals surface area contributed by atoms with Gasteiger partial charge in [0.15, 0.2) is 0 Å². The zero-order chi connectivity index (χ0) is 31.8. The second kappa shape index (κ2) is 19.4. The minimum absolute atomic E-state index is 0. The Bertz CT molecular complexity index is 1300. The van der Waals surface area contributed by atoms with E-state index < -0.39 is 104 Å². The third-order valence-corrected chi connectivity index (χ3v) is 8.24. The normalized spacial score (nSPS) is 13.5. The number of hydrogen-bond acceptors (Lipinski definition) is 12. The molecule has 0 aliphatic carbocycles. The van der Waals surface area contributed by atoms with Crippen LogP contribution in [0.15, 0.2) is 24.3 Å². The SMILES string of the molecule is O=P(O)(O)CN(Cc1c(O)ccc(CO)c1CO)C(CO)[C@@H](CO)N(Cc1c(O)cc(CO)cc1CO)CP(=O)(O)O.[Fe+2].[Na+]. The van der Waals surface area contributed by atoms with Crippen LogP contribution in [0.2, 0.25) is 0 Å². The van der Waals surface area contributed by atoms with Crippen molar-refractivity contribution in [3.8, 4) is 11.5 Å². The topological polar surface area (TPSA) is 283 Å². The molecule has 2 atom stereocenters. The van der Waals surface area contributed by atoms with E-state index in [0.29, 0.717) is 0 Å². The van der Waals surface area contributed by atoms with Crippen LogP contribution >= 0.6 is 15.2 Å². The Morgan fingerprint density at radius 3 is 1.48 bits per heavy atom. The summed E-state index contributed by atoms with van der Waals surface area (Å²) in [5, 5.41) is 80.7. The second-order valence-electron chi connectivity index (χ2n) is 9.69. The van der Waals surface area contributed by atoms with Crippen molar-refractivity contribution >= 4 is 15.2 Å². The average molecular weight is 719 g/mol. The number of aromatic hydroxyl groups is 2. The van der Waals surface area contributed by atoms with Crippen LogP contribution in [0.25, 0.3) is 0 Å². The number of phenols is 2. The fraction of sp³-hybridized carbons (Fsp3) is 0.500. The van der Waals surface area contributed by atoms with Crippen molar-refractivity contribution < 1.29 is 116 Å². The molecule has 2 aromatic rings. The van der Waals surface area contributed by atoms with Crippen LogP contribution in [-0.4, -0.2) is 108 Å². The van der Waals surface area contributed by atoms with Gasteiger partial charge in [-0.25, -0.2) is 0 Å². The molecule has 0 bridgehead atoms. The average Bonchev–Trinajstić information content (AvgIpc) is 2.91. The van der Waals surface area contributed by atoms with Gasteiger partial charge in [-0.05, 0) is 34.4 Å². The predicted octanol–water partition coefficient (Wildman–Crippen LogP) is -4.64.